The van der Waals surface area contributed by atoms with Crippen LogP contribution in [-0.2, 0) is 11.2 Å². The molecule has 0 spiro atoms. The van der Waals surface area contributed by atoms with Crippen LogP contribution in [0.3, 0.4) is 0 Å². The van der Waals surface area contributed by atoms with Crippen molar-refractivity contribution in [1.82, 2.24) is 5.32 Å². The van der Waals surface area contributed by atoms with Crippen LogP contribution in [0.1, 0.15) is 43.7 Å². The van der Waals surface area contributed by atoms with E-state index in [-0.39, 0.29) is 5.82 Å². The quantitative estimate of drug-likeness (QED) is 0.859. The third kappa shape index (κ3) is 4.57. The summed E-state index contributed by atoms with van der Waals surface area (Å²) in [5.74, 6) is -0.144. The van der Waals surface area contributed by atoms with Crippen molar-refractivity contribution in [2.75, 3.05) is 13.2 Å². The zero-order valence-corrected chi connectivity index (χ0v) is 12.6. The molecule has 1 aromatic rings. The summed E-state index contributed by atoms with van der Waals surface area (Å²) in [6.45, 7) is 6.00. The maximum absolute atomic E-state index is 13.4. The number of nitrogens with one attached hydrogen (secondary N) is 1. The summed E-state index contributed by atoms with van der Waals surface area (Å²) in [5.41, 5.74) is 2.27. The van der Waals surface area contributed by atoms with Crippen LogP contribution in [0.5, 0.6) is 0 Å². The van der Waals surface area contributed by atoms with E-state index in [0.29, 0.717) is 12.1 Å². The Morgan fingerprint density at radius 3 is 2.95 bits per heavy atom. The lowest BCUT2D eigenvalue weighted by molar-refractivity contribution is 0.00534. The lowest BCUT2D eigenvalue weighted by Gasteiger charge is -2.28. The fourth-order valence-corrected chi connectivity index (χ4v) is 2.96. The molecule has 0 aliphatic carbocycles. The number of benzene rings is 1. The minimum Gasteiger partial charge on any atom is -0.378 e. The molecule has 3 heteroatoms. The van der Waals surface area contributed by atoms with E-state index in [9.17, 15) is 4.39 Å². The molecular formula is C17H26FNO. The van der Waals surface area contributed by atoms with Crippen molar-refractivity contribution >= 4 is 0 Å². The van der Waals surface area contributed by atoms with Gasteiger partial charge in [0.25, 0.3) is 0 Å². The van der Waals surface area contributed by atoms with Crippen molar-refractivity contribution in [3.8, 4) is 0 Å². The number of halogens is 1. The summed E-state index contributed by atoms with van der Waals surface area (Å²) in [5, 5.41) is 3.52. The van der Waals surface area contributed by atoms with Gasteiger partial charge in [-0.2, -0.15) is 0 Å². The highest BCUT2D eigenvalue weighted by Crippen LogP contribution is 2.20. The number of likely N-dealkylation sites (N-methyl/N-ethyl adjacent to an activating group) is 1. The SMILES string of the molecule is CCNC(Cc1cc(F)ccc1C)CC1CCCCO1. The monoisotopic (exact) mass is 279 g/mol. The minimum atomic E-state index is -0.144. The van der Waals surface area contributed by atoms with E-state index < -0.39 is 0 Å². The largest absolute Gasteiger partial charge is 0.378 e. The van der Waals surface area contributed by atoms with Gasteiger partial charge in [-0.25, -0.2) is 4.39 Å². The topological polar surface area (TPSA) is 21.3 Å². The first-order valence-corrected chi connectivity index (χ1v) is 7.79. The average molecular weight is 279 g/mol. The maximum atomic E-state index is 13.4. The van der Waals surface area contributed by atoms with Gasteiger partial charge in [-0.3, -0.25) is 0 Å². The summed E-state index contributed by atoms with van der Waals surface area (Å²) in [6.07, 6.45) is 5.86. The fraction of sp³-hybridized carbons (Fsp3) is 0.647. The van der Waals surface area contributed by atoms with Gasteiger partial charge in [-0.05, 0) is 68.8 Å². The highest BCUT2D eigenvalue weighted by atomic mass is 19.1. The Morgan fingerprint density at radius 1 is 1.40 bits per heavy atom. The number of aryl methyl sites for hydroxylation is 1. The average Bonchev–Trinajstić information content (AvgIpc) is 2.44. The molecule has 1 aliphatic rings. The molecule has 1 fully saturated rings. The van der Waals surface area contributed by atoms with E-state index >= 15 is 0 Å². The smallest absolute Gasteiger partial charge is 0.123 e. The Morgan fingerprint density at radius 2 is 2.25 bits per heavy atom. The molecule has 0 saturated carbocycles. The Hall–Kier alpha value is -0.930. The Bertz CT molecular complexity index is 415. The number of rotatable bonds is 6. The molecule has 0 bridgehead atoms. The van der Waals surface area contributed by atoms with Gasteiger partial charge in [-0.1, -0.05) is 13.0 Å². The van der Waals surface area contributed by atoms with Gasteiger partial charge in [0.15, 0.2) is 0 Å². The maximum Gasteiger partial charge on any atom is 0.123 e. The molecule has 0 aromatic heterocycles. The molecule has 1 heterocycles. The lowest BCUT2D eigenvalue weighted by atomic mass is 9.95. The number of hydrogen-bond acceptors (Lipinski definition) is 2. The van der Waals surface area contributed by atoms with Crippen molar-refractivity contribution in [2.24, 2.45) is 0 Å². The minimum absolute atomic E-state index is 0.144. The summed E-state index contributed by atoms with van der Waals surface area (Å²) < 4.78 is 19.2. The van der Waals surface area contributed by atoms with Crippen LogP contribution in [0.15, 0.2) is 18.2 Å². The first-order chi connectivity index (χ1) is 9.69. The zero-order chi connectivity index (χ0) is 14.4. The van der Waals surface area contributed by atoms with Gasteiger partial charge in [0.05, 0.1) is 6.10 Å². The van der Waals surface area contributed by atoms with Gasteiger partial charge >= 0.3 is 0 Å². The second kappa shape index (κ2) is 7.75. The molecule has 2 nitrogen and oxygen atoms in total. The molecular weight excluding hydrogens is 253 g/mol. The second-order valence-corrected chi connectivity index (χ2v) is 5.75. The summed E-state index contributed by atoms with van der Waals surface area (Å²) in [7, 11) is 0. The molecule has 1 aromatic carbocycles. The van der Waals surface area contributed by atoms with E-state index in [1.165, 1.54) is 24.5 Å². The molecule has 112 valence electrons. The molecule has 1 N–H and O–H groups in total. The first-order valence-electron chi connectivity index (χ1n) is 7.79. The number of hydrogen-bond donors (Lipinski definition) is 1. The van der Waals surface area contributed by atoms with Gasteiger partial charge in [0, 0.05) is 12.6 Å². The fourth-order valence-electron chi connectivity index (χ4n) is 2.96. The summed E-state index contributed by atoms with van der Waals surface area (Å²) in [4.78, 5) is 0. The third-order valence-corrected chi connectivity index (χ3v) is 4.09. The Kier molecular flexibility index (Phi) is 5.99. The molecule has 0 amide bonds. The van der Waals surface area contributed by atoms with Crippen molar-refractivity contribution in [2.45, 2.75) is 58.1 Å². The van der Waals surface area contributed by atoms with Crippen molar-refractivity contribution in [3.63, 3.8) is 0 Å². The molecule has 20 heavy (non-hydrogen) atoms. The van der Waals surface area contributed by atoms with E-state index in [1.54, 1.807) is 6.07 Å². The van der Waals surface area contributed by atoms with E-state index in [1.807, 2.05) is 6.07 Å². The summed E-state index contributed by atoms with van der Waals surface area (Å²) in [6, 6.07) is 5.43. The Balaban J connectivity index is 1.98. The predicted octanol–water partition coefficient (Wildman–Crippen LogP) is 3.61. The van der Waals surface area contributed by atoms with Gasteiger partial charge in [0.1, 0.15) is 5.82 Å². The zero-order valence-electron chi connectivity index (χ0n) is 12.6. The van der Waals surface area contributed by atoms with Gasteiger partial charge < -0.3 is 10.1 Å². The molecule has 2 atom stereocenters. The van der Waals surface area contributed by atoms with Crippen LogP contribution >= 0.6 is 0 Å². The molecule has 1 saturated heterocycles. The normalized spacial score (nSPS) is 20.9. The highest BCUT2D eigenvalue weighted by molar-refractivity contribution is 5.27. The lowest BCUT2D eigenvalue weighted by Crippen LogP contribution is -2.36. The second-order valence-electron chi connectivity index (χ2n) is 5.75. The van der Waals surface area contributed by atoms with Crippen molar-refractivity contribution in [1.29, 1.82) is 0 Å². The van der Waals surface area contributed by atoms with E-state index in [0.717, 1.165) is 38.0 Å². The predicted molar refractivity (Wildman–Crippen MR) is 80.5 cm³/mol. The molecule has 0 radical (unpaired) electrons. The molecule has 1 aliphatic heterocycles. The summed E-state index contributed by atoms with van der Waals surface area (Å²) >= 11 is 0. The molecule has 2 unspecified atom stereocenters. The van der Waals surface area contributed by atoms with Gasteiger partial charge in [0.2, 0.25) is 0 Å². The number of ether oxygens (including phenoxy) is 1. The standard InChI is InChI=1S/C17H26FNO/c1-3-19-16(12-17-6-4-5-9-20-17)11-14-10-15(18)8-7-13(14)2/h7-8,10,16-17,19H,3-6,9,11-12H2,1-2H3. The highest BCUT2D eigenvalue weighted by Gasteiger charge is 2.20. The van der Waals surface area contributed by atoms with E-state index in [4.69, 9.17) is 4.74 Å². The Labute approximate surface area is 121 Å². The van der Waals surface area contributed by atoms with Crippen LogP contribution in [0, 0.1) is 12.7 Å². The van der Waals surface area contributed by atoms with Crippen molar-refractivity contribution in [3.05, 3.63) is 35.1 Å². The van der Waals surface area contributed by atoms with Crippen LogP contribution in [0.2, 0.25) is 0 Å². The third-order valence-electron chi connectivity index (χ3n) is 4.09. The van der Waals surface area contributed by atoms with Crippen LogP contribution in [0.4, 0.5) is 4.39 Å². The van der Waals surface area contributed by atoms with E-state index in [2.05, 4.69) is 19.2 Å². The van der Waals surface area contributed by atoms with Crippen LogP contribution < -0.4 is 5.32 Å². The van der Waals surface area contributed by atoms with Crippen LogP contribution in [0.25, 0.3) is 0 Å². The molecule has 2 rings (SSSR count). The van der Waals surface area contributed by atoms with Crippen LogP contribution in [-0.4, -0.2) is 25.3 Å². The van der Waals surface area contributed by atoms with Crippen molar-refractivity contribution < 1.29 is 9.13 Å². The van der Waals surface area contributed by atoms with Gasteiger partial charge in [-0.15, -0.1) is 0 Å². The first kappa shape index (κ1) is 15.5.